The van der Waals surface area contributed by atoms with Crippen molar-refractivity contribution >= 4 is 0 Å². The SMILES string of the molecule is CCCC(C)(C)Cc1cnc(C)o1. The number of aryl methyl sites for hydroxylation is 1. The van der Waals surface area contributed by atoms with Crippen molar-refractivity contribution in [2.24, 2.45) is 5.41 Å². The van der Waals surface area contributed by atoms with Gasteiger partial charge in [0.1, 0.15) is 5.76 Å². The van der Waals surface area contributed by atoms with E-state index in [1.54, 1.807) is 0 Å². The lowest BCUT2D eigenvalue weighted by molar-refractivity contribution is 0.299. The van der Waals surface area contributed by atoms with E-state index in [4.69, 9.17) is 4.42 Å². The first kappa shape index (κ1) is 10.3. The summed E-state index contributed by atoms with van der Waals surface area (Å²) in [5.41, 5.74) is 0.334. The number of hydrogen-bond acceptors (Lipinski definition) is 2. The van der Waals surface area contributed by atoms with Gasteiger partial charge in [-0.1, -0.05) is 27.2 Å². The van der Waals surface area contributed by atoms with Crippen LogP contribution in [0.2, 0.25) is 0 Å². The molecule has 1 heterocycles. The fraction of sp³-hybridized carbons (Fsp3) is 0.727. The number of hydrogen-bond donors (Lipinski definition) is 0. The molecule has 2 nitrogen and oxygen atoms in total. The predicted octanol–water partition coefficient (Wildman–Crippen LogP) is 3.35. The summed E-state index contributed by atoms with van der Waals surface area (Å²) >= 11 is 0. The van der Waals surface area contributed by atoms with E-state index in [9.17, 15) is 0 Å². The molecule has 0 aliphatic rings. The summed E-state index contributed by atoms with van der Waals surface area (Å²) in [5, 5.41) is 0. The highest BCUT2D eigenvalue weighted by atomic mass is 16.3. The van der Waals surface area contributed by atoms with Crippen LogP contribution >= 0.6 is 0 Å². The van der Waals surface area contributed by atoms with Crippen molar-refractivity contribution in [3.05, 3.63) is 17.8 Å². The van der Waals surface area contributed by atoms with Crippen LogP contribution in [0.5, 0.6) is 0 Å². The summed E-state index contributed by atoms with van der Waals surface area (Å²) in [7, 11) is 0. The second-order valence-electron chi connectivity index (χ2n) is 4.44. The summed E-state index contributed by atoms with van der Waals surface area (Å²) in [5.74, 6) is 1.78. The largest absolute Gasteiger partial charge is 0.446 e. The molecule has 0 spiro atoms. The molecule has 1 aromatic rings. The van der Waals surface area contributed by atoms with Crippen molar-refractivity contribution in [2.75, 3.05) is 0 Å². The zero-order chi connectivity index (χ0) is 9.90. The van der Waals surface area contributed by atoms with E-state index in [1.165, 1.54) is 12.8 Å². The molecular weight excluding hydrogens is 162 g/mol. The van der Waals surface area contributed by atoms with E-state index in [0.29, 0.717) is 5.41 Å². The molecule has 13 heavy (non-hydrogen) atoms. The minimum absolute atomic E-state index is 0.334. The van der Waals surface area contributed by atoms with Crippen molar-refractivity contribution in [1.82, 2.24) is 4.98 Å². The van der Waals surface area contributed by atoms with E-state index >= 15 is 0 Å². The van der Waals surface area contributed by atoms with Crippen LogP contribution in [0, 0.1) is 12.3 Å². The Labute approximate surface area is 80.4 Å². The van der Waals surface area contributed by atoms with Crippen LogP contribution in [0.25, 0.3) is 0 Å². The van der Waals surface area contributed by atoms with E-state index in [2.05, 4.69) is 25.8 Å². The maximum atomic E-state index is 5.45. The molecule has 0 saturated carbocycles. The average molecular weight is 181 g/mol. The van der Waals surface area contributed by atoms with Gasteiger partial charge in [0.2, 0.25) is 0 Å². The van der Waals surface area contributed by atoms with Gasteiger partial charge in [-0.05, 0) is 11.8 Å². The van der Waals surface area contributed by atoms with Crippen molar-refractivity contribution in [1.29, 1.82) is 0 Å². The number of oxazole rings is 1. The van der Waals surface area contributed by atoms with Gasteiger partial charge in [0.05, 0.1) is 6.20 Å². The van der Waals surface area contributed by atoms with E-state index in [1.807, 2.05) is 13.1 Å². The molecule has 0 radical (unpaired) electrons. The smallest absolute Gasteiger partial charge is 0.191 e. The minimum Gasteiger partial charge on any atom is -0.446 e. The maximum Gasteiger partial charge on any atom is 0.191 e. The molecule has 0 amide bonds. The van der Waals surface area contributed by atoms with Crippen LogP contribution in [0.4, 0.5) is 0 Å². The Hall–Kier alpha value is -0.790. The summed E-state index contributed by atoms with van der Waals surface area (Å²) < 4.78 is 5.45. The second kappa shape index (κ2) is 3.95. The fourth-order valence-corrected chi connectivity index (χ4v) is 1.72. The predicted molar refractivity (Wildman–Crippen MR) is 53.6 cm³/mol. The van der Waals surface area contributed by atoms with Crippen LogP contribution in [-0.4, -0.2) is 4.98 Å². The van der Waals surface area contributed by atoms with Crippen LogP contribution < -0.4 is 0 Å². The van der Waals surface area contributed by atoms with Gasteiger partial charge in [0.25, 0.3) is 0 Å². The monoisotopic (exact) mass is 181 g/mol. The van der Waals surface area contributed by atoms with Gasteiger partial charge in [-0.3, -0.25) is 0 Å². The van der Waals surface area contributed by atoms with Crippen LogP contribution in [0.1, 0.15) is 45.3 Å². The Morgan fingerprint density at radius 1 is 1.46 bits per heavy atom. The van der Waals surface area contributed by atoms with Gasteiger partial charge in [-0.25, -0.2) is 4.98 Å². The quantitative estimate of drug-likeness (QED) is 0.712. The van der Waals surface area contributed by atoms with Crippen LogP contribution in [0.3, 0.4) is 0 Å². The third-order valence-corrected chi connectivity index (χ3v) is 2.25. The second-order valence-corrected chi connectivity index (χ2v) is 4.44. The van der Waals surface area contributed by atoms with E-state index < -0.39 is 0 Å². The third kappa shape index (κ3) is 3.21. The molecule has 0 aliphatic carbocycles. The Morgan fingerprint density at radius 2 is 2.15 bits per heavy atom. The highest BCUT2D eigenvalue weighted by Crippen LogP contribution is 2.27. The maximum absolute atomic E-state index is 5.45. The molecule has 0 fully saturated rings. The van der Waals surface area contributed by atoms with Crippen molar-refractivity contribution in [2.45, 2.75) is 47.0 Å². The van der Waals surface area contributed by atoms with E-state index in [0.717, 1.165) is 18.1 Å². The molecule has 0 aliphatic heterocycles. The molecule has 74 valence electrons. The fourth-order valence-electron chi connectivity index (χ4n) is 1.72. The minimum atomic E-state index is 0.334. The number of nitrogens with zero attached hydrogens (tertiary/aromatic N) is 1. The lowest BCUT2D eigenvalue weighted by Gasteiger charge is -2.21. The number of rotatable bonds is 4. The Morgan fingerprint density at radius 3 is 2.62 bits per heavy atom. The molecule has 0 N–H and O–H groups in total. The zero-order valence-corrected chi connectivity index (χ0v) is 9.05. The summed E-state index contributed by atoms with van der Waals surface area (Å²) in [6.07, 6.45) is 5.28. The highest BCUT2D eigenvalue weighted by molar-refractivity contribution is 4.96. The molecular formula is C11H19NO. The molecule has 1 aromatic heterocycles. The lowest BCUT2D eigenvalue weighted by atomic mass is 9.84. The van der Waals surface area contributed by atoms with Crippen LogP contribution in [-0.2, 0) is 6.42 Å². The Kier molecular flexibility index (Phi) is 3.12. The average Bonchev–Trinajstić information content (AvgIpc) is 2.34. The summed E-state index contributed by atoms with van der Waals surface area (Å²) in [4.78, 5) is 4.09. The molecule has 2 heteroatoms. The standard InChI is InChI=1S/C11H19NO/c1-5-6-11(3,4)7-10-8-12-9(2)13-10/h8H,5-7H2,1-4H3. The summed E-state index contributed by atoms with van der Waals surface area (Å²) in [6.45, 7) is 8.65. The molecule has 0 unspecified atom stereocenters. The third-order valence-electron chi connectivity index (χ3n) is 2.25. The van der Waals surface area contributed by atoms with Crippen molar-refractivity contribution in [3.8, 4) is 0 Å². The van der Waals surface area contributed by atoms with Gasteiger partial charge >= 0.3 is 0 Å². The molecule has 0 aromatic carbocycles. The first-order valence-corrected chi connectivity index (χ1v) is 4.95. The molecule has 0 bridgehead atoms. The first-order chi connectivity index (χ1) is 6.03. The Bertz CT molecular complexity index is 263. The highest BCUT2D eigenvalue weighted by Gasteiger charge is 2.19. The summed E-state index contributed by atoms with van der Waals surface area (Å²) in [6, 6.07) is 0. The van der Waals surface area contributed by atoms with Gasteiger partial charge in [0, 0.05) is 13.3 Å². The zero-order valence-electron chi connectivity index (χ0n) is 9.05. The topological polar surface area (TPSA) is 26.0 Å². The molecule has 1 rings (SSSR count). The lowest BCUT2D eigenvalue weighted by Crippen LogP contribution is -2.13. The van der Waals surface area contributed by atoms with Crippen molar-refractivity contribution < 1.29 is 4.42 Å². The normalized spacial score (nSPS) is 12.0. The first-order valence-electron chi connectivity index (χ1n) is 4.95. The van der Waals surface area contributed by atoms with Crippen molar-refractivity contribution in [3.63, 3.8) is 0 Å². The van der Waals surface area contributed by atoms with Crippen LogP contribution in [0.15, 0.2) is 10.6 Å². The Balaban J connectivity index is 2.57. The van der Waals surface area contributed by atoms with Gasteiger partial charge in [-0.2, -0.15) is 0 Å². The van der Waals surface area contributed by atoms with Gasteiger partial charge in [-0.15, -0.1) is 0 Å². The molecule has 0 atom stereocenters. The van der Waals surface area contributed by atoms with E-state index in [-0.39, 0.29) is 0 Å². The molecule has 0 saturated heterocycles. The van der Waals surface area contributed by atoms with Gasteiger partial charge < -0.3 is 4.42 Å². The number of aromatic nitrogens is 1. The van der Waals surface area contributed by atoms with Gasteiger partial charge in [0.15, 0.2) is 5.89 Å².